The number of hydrogen-bond acceptors (Lipinski definition) is 3. The van der Waals surface area contributed by atoms with Crippen molar-refractivity contribution in [2.75, 3.05) is 32.7 Å². The Morgan fingerprint density at radius 2 is 1.81 bits per heavy atom. The van der Waals surface area contributed by atoms with Gasteiger partial charge < -0.3 is 15.5 Å². The number of nitrogens with zero attached hydrogens (tertiary/aromatic N) is 2. The second-order valence-corrected chi connectivity index (χ2v) is 6.77. The van der Waals surface area contributed by atoms with E-state index in [-0.39, 0.29) is 0 Å². The molecule has 4 nitrogen and oxygen atoms in total. The van der Waals surface area contributed by atoms with E-state index in [0.717, 1.165) is 45.4 Å². The van der Waals surface area contributed by atoms with E-state index >= 15 is 0 Å². The Hall–Kier alpha value is -0.610. The first-order valence-corrected chi connectivity index (χ1v) is 8.73. The van der Waals surface area contributed by atoms with Crippen molar-refractivity contribution in [3.05, 3.63) is 0 Å². The van der Waals surface area contributed by atoms with Gasteiger partial charge in [-0.3, -0.25) is 4.79 Å². The van der Waals surface area contributed by atoms with Gasteiger partial charge in [0.2, 0.25) is 5.91 Å². The molecule has 124 valence electrons. The summed E-state index contributed by atoms with van der Waals surface area (Å²) < 4.78 is 0. The molecule has 0 radical (unpaired) electrons. The molecule has 0 aromatic heterocycles. The highest BCUT2D eigenvalue weighted by Crippen LogP contribution is 2.20. The number of nitrogens with two attached hydrogens (primary N) is 1. The second-order valence-electron chi connectivity index (χ2n) is 6.77. The first kappa shape index (κ1) is 18.4. The minimum atomic E-state index is 0.309. The quantitative estimate of drug-likeness (QED) is 0.748. The van der Waals surface area contributed by atoms with Gasteiger partial charge in [-0.05, 0) is 50.7 Å². The lowest BCUT2D eigenvalue weighted by molar-refractivity contribution is -0.133. The number of hydrogen-bond donors (Lipinski definition) is 1. The molecule has 1 aliphatic heterocycles. The van der Waals surface area contributed by atoms with Gasteiger partial charge >= 0.3 is 0 Å². The lowest BCUT2D eigenvalue weighted by Crippen LogP contribution is -2.47. The second kappa shape index (κ2) is 9.42. The van der Waals surface area contributed by atoms with E-state index in [9.17, 15) is 4.79 Å². The Morgan fingerprint density at radius 1 is 1.24 bits per heavy atom. The monoisotopic (exact) mass is 297 g/mol. The van der Waals surface area contributed by atoms with Gasteiger partial charge in [0.15, 0.2) is 0 Å². The highest BCUT2D eigenvalue weighted by Gasteiger charge is 2.26. The maximum atomic E-state index is 12.4. The van der Waals surface area contributed by atoms with Gasteiger partial charge in [-0.2, -0.15) is 0 Å². The Kier molecular flexibility index (Phi) is 8.27. The molecule has 1 saturated heterocycles. The van der Waals surface area contributed by atoms with Gasteiger partial charge in [0.1, 0.15) is 0 Å². The van der Waals surface area contributed by atoms with E-state index in [4.69, 9.17) is 5.73 Å². The normalized spacial score (nSPS) is 18.5. The maximum absolute atomic E-state index is 12.4. The van der Waals surface area contributed by atoms with Crippen LogP contribution in [0.25, 0.3) is 0 Å². The van der Waals surface area contributed by atoms with Crippen molar-refractivity contribution < 1.29 is 4.79 Å². The minimum Gasteiger partial charge on any atom is -0.343 e. The molecule has 1 fully saturated rings. The third-order valence-corrected chi connectivity index (χ3v) is 4.75. The number of rotatable bonds is 8. The summed E-state index contributed by atoms with van der Waals surface area (Å²) in [7, 11) is 0. The number of amides is 1. The van der Waals surface area contributed by atoms with Crippen LogP contribution in [0.15, 0.2) is 0 Å². The molecule has 0 saturated carbocycles. The van der Waals surface area contributed by atoms with Crippen molar-refractivity contribution in [2.45, 2.75) is 59.4 Å². The van der Waals surface area contributed by atoms with Gasteiger partial charge in [-0.15, -0.1) is 0 Å². The van der Waals surface area contributed by atoms with Crippen molar-refractivity contribution >= 4 is 5.91 Å². The summed E-state index contributed by atoms with van der Waals surface area (Å²) in [6, 6.07) is 0.657. The third kappa shape index (κ3) is 5.95. The van der Waals surface area contributed by atoms with Gasteiger partial charge in [0, 0.05) is 25.6 Å². The Bertz CT molecular complexity index is 294. The van der Waals surface area contributed by atoms with Gasteiger partial charge in [0.25, 0.3) is 0 Å². The maximum Gasteiger partial charge on any atom is 0.222 e. The highest BCUT2D eigenvalue weighted by molar-refractivity contribution is 5.76. The van der Waals surface area contributed by atoms with Crippen LogP contribution in [0.1, 0.15) is 53.4 Å². The molecule has 21 heavy (non-hydrogen) atoms. The fourth-order valence-corrected chi connectivity index (χ4v) is 3.53. The fraction of sp³-hybridized carbons (Fsp3) is 0.941. The van der Waals surface area contributed by atoms with E-state index in [2.05, 4.69) is 37.5 Å². The molecular formula is C17H35N3O. The van der Waals surface area contributed by atoms with Gasteiger partial charge in [-0.1, -0.05) is 27.7 Å². The number of carbonyl (C=O) groups excluding carboxylic acids is 1. The smallest absolute Gasteiger partial charge is 0.222 e. The average molecular weight is 297 g/mol. The topological polar surface area (TPSA) is 49.6 Å². The van der Waals surface area contributed by atoms with Crippen LogP contribution in [0.3, 0.4) is 0 Å². The van der Waals surface area contributed by atoms with Crippen molar-refractivity contribution in [2.24, 2.45) is 17.6 Å². The molecule has 0 aromatic carbocycles. The molecule has 4 heteroatoms. The predicted octanol–water partition coefficient (Wildman–Crippen LogP) is 2.33. The summed E-state index contributed by atoms with van der Waals surface area (Å²) in [6.07, 6.45) is 3.92. The molecule has 1 aliphatic rings. The molecule has 2 N–H and O–H groups in total. The van der Waals surface area contributed by atoms with Crippen LogP contribution in [0.4, 0.5) is 0 Å². The Balaban J connectivity index is 2.40. The van der Waals surface area contributed by atoms with E-state index in [1.165, 1.54) is 0 Å². The highest BCUT2D eigenvalue weighted by atomic mass is 16.2. The molecule has 1 unspecified atom stereocenters. The summed E-state index contributed by atoms with van der Waals surface area (Å²) >= 11 is 0. The van der Waals surface area contributed by atoms with E-state index in [0.29, 0.717) is 36.8 Å². The van der Waals surface area contributed by atoms with E-state index in [1.807, 2.05) is 0 Å². The standard InChI is InChI=1S/C17H35N3O/c1-5-19(6-2)16-7-9-20(10-8-16)17(21)12-15(13-18)11-14(3)4/h14-16H,5-13,18H2,1-4H3. The number of likely N-dealkylation sites (tertiary alicyclic amines) is 1. The summed E-state index contributed by atoms with van der Waals surface area (Å²) in [5.41, 5.74) is 5.82. The van der Waals surface area contributed by atoms with E-state index in [1.54, 1.807) is 0 Å². The van der Waals surface area contributed by atoms with Crippen LogP contribution >= 0.6 is 0 Å². The molecule has 1 atom stereocenters. The molecule has 0 aromatic rings. The molecule has 1 amide bonds. The molecular weight excluding hydrogens is 262 g/mol. The zero-order chi connectivity index (χ0) is 15.8. The van der Waals surface area contributed by atoms with Crippen LogP contribution in [0.5, 0.6) is 0 Å². The molecule has 0 bridgehead atoms. The first-order valence-electron chi connectivity index (χ1n) is 8.73. The molecule has 0 spiro atoms. The largest absolute Gasteiger partial charge is 0.343 e. The molecule has 1 rings (SSSR count). The minimum absolute atomic E-state index is 0.309. The lowest BCUT2D eigenvalue weighted by Gasteiger charge is -2.38. The lowest BCUT2D eigenvalue weighted by atomic mass is 9.93. The third-order valence-electron chi connectivity index (χ3n) is 4.75. The molecule has 0 aliphatic carbocycles. The Labute approximate surface area is 131 Å². The summed E-state index contributed by atoms with van der Waals surface area (Å²) in [5.74, 6) is 1.27. The van der Waals surface area contributed by atoms with Crippen molar-refractivity contribution in [1.29, 1.82) is 0 Å². The average Bonchev–Trinajstić information content (AvgIpc) is 2.48. The summed E-state index contributed by atoms with van der Waals surface area (Å²) in [4.78, 5) is 17.0. The van der Waals surface area contributed by atoms with Crippen molar-refractivity contribution in [3.8, 4) is 0 Å². The SMILES string of the molecule is CCN(CC)C1CCN(C(=O)CC(CN)CC(C)C)CC1. The number of piperidine rings is 1. The predicted molar refractivity (Wildman–Crippen MR) is 89.1 cm³/mol. The zero-order valence-electron chi connectivity index (χ0n) is 14.5. The van der Waals surface area contributed by atoms with Crippen molar-refractivity contribution in [3.63, 3.8) is 0 Å². The summed E-state index contributed by atoms with van der Waals surface area (Å²) in [6.45, 7) is 13.5. The first-order chi connectivity index (χ1) is 10.0. The van der Waals surface area contributed by atoms with Crippen LogP contribution in [0, 0.1) is 11.8 Å². The van der Waals surface area contributed by atoms with Crippen LogP contribution < -0.4 is 5.73 Å². The van der Waals surface area contributed by atoms with Crippen LogP contribution in [-0.2, 0) is 4.79 Å². The van der Waals surface area contributed by atoms with Gasteiger partial charge in [-0.25, -0.2) is 0 Å². The fourth-order valence-electron chi connectivity index (χ4n) is 3.53. The zero-order valence-corrected chi connectivity index (χ0v) is 14.5. The number of carbonyl (C=O) groups is 1. The van der Waals surface area contributed by atoms with Gasteiger partial charge in [0.05, 0.1) is 0 Å². The van der Waals surface area contributed by atoms with Crippen molar-refractivity contribution in [1.82, 2.24) is 9.80 Å². The summed E-state index contributed by atoms with van der Waals surface area (Å²) in [5, 5.41) is 0. The van der Waals surface area contributed by atoms with E-state index < -0.39 is 0 Å². The van der Waals surface area contributed by atoms with Crippen LogP contribution in [0.2, 0.25) is 0 Å². The van der Waals surface area contributed by atoms with Crippen LogP contribution in [-0.4, -0.2) is 54.5 Å². The Morgan fingerprint density at radius 3 is 2.24 bits per heavy atom. The molecule has 1 heterocycles.